The molecule has 0 saturated heterocycles. The van der Waals surface area contributed by atoms with Gasteiger partial charge in [0.15, 0.2) is 6.10 Å². The molecule has 0 aromatic heterocycles. The first kappa shape index (κ1) is 17.5. The Morgan fingerprint density at radius 2 is 1.95 bits per heavy atom. The molecule has 1 aromatic carbocycles. The molecule has 1 rings (SSSR count). The van der Waals surface area contributed by atoms with Crippen molar-refractivity contribution in [2.45, 2.75) is 65.6 Å². The van der Waals surface area contributed by atoms with Gasteiger partial charge in [0.1, 0.15) is 5.75 Å². The minimum absolute atomic E-state index is 0.0489. The molecular weight excluding hydrogens is 264 g/mol. The first-order valence-electron chi connectivity index (χ1n) is 7.43. The number of hydrogen-bond acceptors (Lipinski definition) is 3. The van der Waals surface area contributed by atoms with Crippen molar-refractivity contribution in [2.24, 2.45) is 5.73 Å². The quantitative estimate of drug-likeness (QED) is 0.876. The number of amides is 1. The minimum Gasteiger partial charge on any atom is -0.480 e. The number of nitrogens with two attached hydrogens (primary N) is 1. The van der Waals surface area contributed by atoms with Crippen molar-refractivity contribution in [3.63, 3.8) is 0 Å². The molecule has 1 aromatic rings. The highest BCUT2D eigenvalue weighted by Crippen LogP contribution is 2.25. The zero-order chi connectivity index (χ0) is 16.2. The molecule has 1 amide bonds. The highest BCUT2D eigenvalue weighted by Gasteiger charge is 2.22. The van der Waals surface area contributed by atoms with Gasteiger partial charge in [-0.25, -0.2) is 0 Å². The summed E-state index contributed by atoms with van der Waals surface area (Å²) in [6, 6.07) is 6.02. The van der Waals surface area contributed by atoms with E-state index in [0.717, 1.165) is 23.3 Å². The van der Waals surface area contributed by atoms with Crippen LogP contribution in [0.15, 0.2) is 18.2 Å². The van der Waals surface area contributed by atoms with Gasteiger partial charge in [-0.3, -0.25) is 4.79 Å². The maximum Gasteiger partial charge on any atom is 0.261 e. The van der Waals surface area contributed by atoms with Gasteiger partial charge in [-0.05, 0) is 59.1 Å². The lowest BCUT2D eigenvalue weighted by molar-refractivity contribution is -0.128. The Hall–Kier alpha value is -1.55. The highest BCUT2D eigenvalue weighted by atomic mass is 16.5. The van der Waals surface area contributed by atoms with E-state index in [0.29, 0.717) is 0 Å². The fraction of sp³-hybridized carbons (Fsp3) is 0.588. The molecule has 0 spiro atoms. The maximum atomic E-state index is 12.1. The van der Waals surface area contributed by atoms with Gasteiger partial charge in [0.05, 0.1) is 0 Å². The first-order valence-corrected chi connectivity index (χ1v) is 7.43. The molecule has 0 fully saturated rings. The van der Waals surface area contributed by atoms with Gasteiger partial charge >= 0.3 is 0 Å². The van der Waals surface area contributed by atoms with E-state index in [9.17, 15) is 4.79 Å². The number of carbonyl (C=O) groups is 1. The Morgan fingerprint density at radius 3 is 2.48 bits per heavy atom. The number of benzene rings is 1. The molecule has 118 valence electrons. The Labute approximate surface area is 128 Å². The van der Waals surface area contributed by atoms with Crippen LogP contribution in [-0.4, -0.2) is 23.6 Å². The SMILES string of the molecule is Cc1cccc(CC(C)N)c1OC(C)C(=O)NC(C)(C)C. The van der Waals surface area contributed by atoms with Crippen LogP contribution in [0, 0.1) is 6.92 Å². The van der Waals surface area contributed by atoms with E-state index in [1.807, 2.05) is 52.8 Å². The Bertz CT molecular complexity index is 490. The van der Waals surface area contributed by atoms with Gasteiger partial charge in [0.2, 0.25) is 0 Å². The van der Waals surface area contributed by atoms with E-state index in [-0.39, 0.29) is 17.5 Å². The third kappa shape index (κ3) is 5.76. The minimum atomic E-state index is -0.544. The van der Waals surface area contributed by atoms with Crippen LogP contribution >= 0.6 is 0 Å². The predicted molar refractivity (Wildman–Crippen MR) is 86.5 cm³/mol. The average Bonchev–Trinajstić information content (AvgIpc) is 2.30. The summed E-state index contributed by atoms with van der Waals surface area (Å²) in [5.74, 6) is 0.656. The number of rotatable bonds is 5. The number of nitrogens with one attached hydrogen (secondary N) is 1. The van der Waals surface area contributed by atoms with Gasteiger partial charge in [-0.15, -0.1) is 0 Å². The lowest BCUT2D eigenvalue weighted by Crippen LogP contribution is -2.46. The summed E-state index contributed by atoms with van der Waals surface area (Å²) >= 11 is 0. The summed E-state index contributed by atoms with van der Waals surface area (Å²) in [6.07, 6.45) is 0.183. The zero-order valence-electron chi connectivity index (χ0n) is 14.0. The van der Waals surface area contributed by atoms with Crippen LogP contribution in [0.1, 0.15) is 45.7 Å². The van der Waals surface area contributed by atoms with Gasteiger partial charge in [0.25, 0.3) is 5.91 Å². The summed E-state index contributed by atoms with van der Waals surface area (Å²) < 4.78 is 5.92. The van der Waals surface area contributed by atoms with Crippen molar-refractivity contribution >= 4 is 5.91 Å². The molecule has 0 bridgehead atoms. The molecule has 0 heterocycles. The van der Waals surface area contributed by atoms with Gasteiger partial charge in [-0.1, -0.05) is 18.2 Å². The topological polar surface area (TPSA) is 64.3 Å². The largest absolute Gasteiger partial charge is 0.480 e. The van der Waals surface area contributed by atoms with Crippen LogP contribution in [0.4, 0.5) is 0 Å². The van der Waals surface area contributed by atoms with E-state index in [4.69, 9.17) is 10.5 Å². The van der Waals surface area contributed by atoms with E-state index in [1.165, 1.54) is 0 Å². The zero-order valence-corrected chi connectivity index (χ0v) is 14.0. The van der Waals surface area contributed by atoms with E-state index >= 15 is 0 Å². The first-order chi connectivity index (χ1) is 9.60. The molecule has 4 nitrogen and oxygen atoms in total. The second kappa shape index (κ2) is 6.94. The standard InChI is InChI=1S/C17H28N2O2/c1-11-8-7-9-14(10-12(2)18)15(11)21-13(3)16(20)19-17(4,5)6/h7-9,12-13H,10,18H2,1-6H3,(H,19,20). The summed E-state index contributed by atoms with van der Waals surface area (Å²) in [5.41, 5.74) is 7.67. The van der Waals surface area contributed by atoms with Gasteiger partial charge in [0, 0.05) is 11.6 Å². The molecule has 3 N–H and O–H groups in total. The molecule has 0 radical (unpaired) electrons. The van der Waals surface area contributed by atoms with E-state index in [1.54, 1.807) is 6.92 Å². The van der Waals surface area contributed by atoms with E-state index < -0.39 is 6.10 Å². The summed E-state index contributed by atoms with van der Waals surface area (Å²) in [4.78, 5) is 12.1. The van der Waals surface area contributed by atoms with Crippen LogP contribution in [0.25, 0.3) is 0 Å². The Morgan fingerprint density at radius 1 is 1.33 bits per heavy atom. The summed E-state index contributed by atoms with van der Waals surface area (Å²) in [5, 5.41) is 2.93. The molecule has 0 aliphatic carbocycles. The van der Waals surface area contributed by atoms with E-state index in [2.05, 4.69) is 5.32 Å². The fourth-order valence-electron chi connectivity index (χ4n) is 2.09. The number of carbonyl (C=O) groups excluding carboxylic acids is 1. The number of para-hydroxylation sites is 1. The third-order valence-corrected chi connectivity index (χ3v) is 3.00. The molecular formula is C17H28N2O2. The predicted octanol–water partition coefficient (Wildman–Crippen LogP) is 2.57. The third-order valence-electron chi connectivity index (χ3n) is 3.00. The summed E-state index contributed by atoms with van der Waals surface area (Å²) in [7, 11) is 0. The Balaban J connectivity index is 2.89. The molecule has 0 aliphatic heterocycles. The van der Waals surface area contributed by atoms with Crippen molar-refractivity contribution in [1.82, 2.24) is 5.32 Å². The van der Waals surface area contributed by atoms with Gasteiger partial charge < -0.3 is 15.8 Å². The maximum absolute atomic E-state index is 12.1. The van der Waals surface area contributed by atoms with Crippen LogP contribution in [0.2, 0.25) is 0 Å². The van der Waals surface area contributed by atoms with Crippen LogP contribution in [0.5, 0.6) is 5.75 Å². The number of hydrogen-bond donors (Lipinski definition) is 2. The van der Waals surface area contributed by atoms with Crippen molar-refractivity contribution in [1.29, 1.82) is 0 Å². The Kier molecular flexibility index (Phi) is 5.78. The molecule has 21 heavy (non-hydrogen) atoms. The molecule has 0 saturated carbocycles. The van der Waals surface area contributed by atoms with Gasteiger partial charge in [-0.2, -0.15) is 0 Å². The molecule has 0 aliphatic rings. The normalized spacial score (nSPS) is 14.4. The highest BCUT2D eigenvalue weighted by molar-refractivity contribution is 5.81. The van der Waals surface area contributed by atoms with Crippen molar-refractivity contribution in [2.75, 3.05) is 0 Å². The second-order valence-electron chi connectivity index (χ2n) is 6.74. The van der Waals surface area contributed by atoms with Crippen molar-refractivity contribution in [3.05, 3.63) is 29.3 Å². The van der Waals surface area contributed by atoms with Crippen LogP contribution in [0.3, 0.4) is 0 Å². The second-order valence-corrected chi connectivity index (χ2v) is 6.74. The lowest BCUT2D eigenvalue weighted by atomic mass is 10.0. The van der Waals surface area contributed by atoms with Crippen molar-refractivity contribution < 1.29 is 9.53 Å². The molecule has 4 heteroatoms. The molecule has 2 atom stereocenters. The fourth-order valence-corrected chi connectivity index (χ4v) is 2.09. The van der Waals surface area contributed by atoms with Crippen LogP contribution in [-0.2, 0) is 11.2 Å². The lowest BCUT2D eigenvalue weighted by Gasteiger charge is -2.25. The number of ether oxygens (including phenoxy) is 1. The summed E-state index contributed by atoms with van der Waals surface area (Å²) in [6.45, 7) is 11.6. The monoisotopic (exact) mass is 292 g/mol. The molecule has 2 unspecified atom stereocenters. The van der Waals surface area contributed by atoms with Crippen LogP contribution < -0.4 is 15.8 Å². The van der Waals surface area contributed by atoms with Crippen molar-refractivity contribution in [3.8, 4) is 5.75 Å². The average molecular weight is 292 g/mol. The number of aryl methyl sites for hydroxylation is 1. The smallest absolute Gasteiger partial charge is 0.261 e.